The topological polar surface area (TPSA) is 264 Å². The van der Waals surface area contributed by atoms with Crippen molar-refractivity contribution >= 4 is 97.6 Å². The Hall–Kier alpha value is 0.0900. The first-order valence-electron chi connectivity index (χ1n) is 18.1. The van der Waals surface area contributed by atoms with Gasteiger partial charge < -0.3 is 72.8 Å². The van der Waals surface area contributed by atoms with Gasteiger partial charge in [0.1, 0.15) is 36.6 Å². The predicted octanol–water partition coefficient (Wildman–Crippen LogP) is -0.348. The molecule has 0 spiro atoms. The maximum atomic E-state index is 10.9. The molecule has 1 aliphatic carbocycles. The minimum absolute atomic E-state index is 0. The second-order valence-electron chi connectivity index (χ2n) is 14.4. The van der Waals surface area contributed by atoms with Crippen LogP contribution in [0.4, 0.5) is 0 Å². The third-order valence-corrected chi connectivity index (χ3v) is 10.8. The molecule has 0 bridgehead atoms. The van der Waals surface area contributed by atoms with Crippen molar-refractivity contribution in [3.8, 4) is 0 Å². The van der Waals surface area contributed by atoms with Crippen LogP contribution in [-0.2, 0) is 30.2 Å². The second-order valence-corrected chi connectivity index (χ2v) is 14.4. The fraction of sp³-hybridized carbons (Fsp3) is 0.714. The van der Waals surface area contributed by atoms with E-state index < -0.39 is 92.2 Å². The van der Waals surface area contributed by atoms with E-state index in [4.69, 9.17) is 52.4 Å². The summed E-state index contributed by atoms with van der Waals surface area (Å²) < 4.78 is 31.0. The van der Waals surface area contributed by atoms with Gasteiger partial charge in [-0.05, 0) is 29.2 Å². The maximum absolute atomic E-state index is 10.9. The molecule has 0 unspecified atom stereocenters. The van der Waals surface area contributed by atoms with Crippen LogP contribution in [-0.4, -0.2) is 168 Å². The van der Waals surface area contributed by atoms with E-state index in [1.807, 2.05) is 0 Å². The lowest BCUT2D eigenvalue weighted by atomic mass is 9.84. The molecule has 16 nitrogen and oxygen atoms in total. The number of rotatable bonds is 12. The molecule has 14 N–H and O–H groups in total. The fourth-order valence-corrected chi connectivity index (χ4v) is 7.75. The van der Waals surface area contributed by atoms with Crippen molar-refractivity contribution in [1.29, 1.82) is 0 Å². The highest BCUT2D eigenvalue weighted by Crippen LogP contribution is 2.32. The van der Waals surface area contributed by atoms with Gasteiger partial charge in [0.25, 0.3) is 0 Å². The molecule has 0 aromatic heterocycles. The molecule has 1 saturated carbocycles. The second kappa shape index (κ2) is 28.0. The highest BCUT2D eigenvalue weighted by atomic mass is 35.5. The number of hydrogen-bond acceptors (Lipinski definition) is 16. The maximum Gasteiger partial charge on any atom is 0.186 e. The van der Waals surface area contributed by atoms with E-state index in [1.165, 1.54) is 16.3 Å². The lowest BCUT2D eigenvalue weighted by molar-refractivity contribution is -0.318. The molecule has 4 aliphatic rings. The van der Waals surface area contributed by atoms with Crippen molar-refractivity contribution < 1.29 is 44.1 Å². The van der Waals surface area contributed by atoms with Gasteiger partial charge in [0, 0.05) is 57.9 Å². The van der Waals surface area contributed by atoms with E-state index in [0.717, 1.165) is 32.7 Å². The van der Waals surface area contributed by atoms with Crippen molar-refractivity contribution in [2.24, 2.45) is 28.7 Å². The van der Waals surface area contributed by atoms with Crippen LogP contribution in [0.3, 0.4) is 0 Å². The lowest BCUT2D eigenvalue weighted by Gasteiger charge is -2.49. The van der Waals surface area contributed by atoms with Crippen molar-refractivity contribution in [3.05, 3.63) is 48.0 Å². The third kappa shape index (κ3) is 14.3. The number of aliphatic hydroxyl groups is 4. The molecule has 23 heteroatoms. The number of nitrogens with two attached hydrogens (primary N) is 5. The molecule has 3 aliphatic heterocycles. The van der Waals surface area contributed by atoms with E-state index in [0.29, 0.717) is 13.2 Å². The van der Waals surface area contributed by atoms with E-state index >= 15 is 0 Å². The van der Waals surface area contributed by atoms with Gasteiger partial charge in [-0.15, -0.1) is 86.8 Å². The number of fused-ring (bicyclic) bond motifs is 1. The van der Waals surface area contributed by atoms with Crippen molar-refractivity contribution in [2.75, 3.05) is 52.5 Å². The highest BCUT2D eigenvalue weighted by Gasteiger charge is 2.51. The van der Waals surface area contributed by atoms with Gasteiger partial charge in [0.15, 0.2) is 12.6 Å². The Labute approximate surface area is 383 Å². The number of piperazine rings is 1. The average molecular weight is 975 g/mol. The van der Waals surface area contributed by atoms with E-state index in [2.05, 4.69) is 52.3 Å². The predicted molar refractivity (Wildman–Crippen MR) is 239 cm³/mol. The van der Waals surface area contributed by atoms with Gasteiger partial charge in [-0.1, -0.05) is 42.5 Å². The van der Waals surface area contributed by atoms with Gasteiger partial charge >= 0.3 is 0 Å². The zero-order valence-electron chi connectivity index (χ0n) is 31.9. The summed E-state index contributed by atoms with van der Waals surface area (Å²) in [6.07, 6.45) is -9.65. The van der Waals surface area contributed by atoms with Crippen LogP contribution in [0.15, 0.2) is 42.5 Å². The van der Waals surface area contributed by atoms with Crippen LogP contribution in [0.5, 0.6) is 0 Å². The van der Waals surface area contributed by atoms with Gasteiger partial charge in [0.05, 0.1) is 37.5 Å². The van der Waals surface area contributed by atoms with Crippen molar-refractivity contribution in [3.63, 3.8) is 0 Å². The highest BCUT2D eigenvalue weighted by molar-refractivity contribution is 5.86. The molecule has 2 aromatic rings. The van der Waals surface area contributed by atoms with Gasteiger partial charge in [-0.3, -0.25) is 9.80 Å². The molecule has 14 atom stereocenters. The minimum Gasteiger partial charge on any atom is -0.394 e. The van der Waals surface area contributed by atoms with E-state index in [1.54, 1.807) is 0 Å². The fourth-order valence-electron chi connectivity index (χ4n) is 7.75. The Morgan fingerprint density at radius 2 is 1.22 bits per heavy atom. The lowest BCUT2D eigenvalue weighted by Crippen LogP contribution is -2.68. The van der Waals surface area contributed by atoms with Gasteiger partial charge in [0.2, 0.25) is 0 Å². The van der Waals surface area contributed by atoms with Crippen LogP contribution in [0.2, 0.25) is 0 Å². The SMILES string of the molecule is Cl.Cl.Cl.Cl.Cl.Cl.Cl.NC[C@H]1O[C@H](O[C@H]2[C@H](OCCN3CCN(Cc4cccc5ccccc45)CC3)[C@@H](O[C@H]3O[C@H](CO)[C@@H](O)[C@H](N)[C@H]3O)[C@H](N)C[C@@H]2N)[C@H](N)C[C@@H]1O. The summed E-state index contributed by atoms with van der Waals surface area (Å²) in [6.45, 7) is 4.85. The summed E-state index contributed by atoms with van der Waals surface area (Å²) in [4.78, 5) is 4.80. The molecule has 3 heterocycles. The first-order valence-corrected chi connectivity index (χ1v) is 18.1. The van der Waals surface area contributed by atoms with Crippen molar-refractivity contribution in [1.82, 2.24) is 9.80 Å². The summed E-state index contributed by atoms with van der Waals surface area (Å²) in [7, 11) is 0. The van der Waals surface area contributed by atoms with E-state index in [9.17, 15) is 20.4 Å². The summed E-state index contributed by atoms with van der Waals surface area (Å²) in [5, 5.41) is 44.0. The molecular formula is C35H64Cl7N7O9. The number of nitrogens with zero attached hydrogens (tertiary/aromatic N) is 2. The number of halogens is 7. The summed E-state index contributed by atoms with van der Waals surface area (Å²) >= 11 is 0. The molecule has 0 radical (unpaired) electrons. The number of benzene rings is 2. The van der Waals surface area contributed by atoms with Crippen LogP contribution in [0, 0.1) is 0 Å². The summed E-state index contributed by atoms with van der Waals surface area (Å²) in [5.74, 6) is 0. The van der Waals surface area contributed by atoms with Crippen LogP contribution >= 0.6 is 86.8 Å². The Morgan fingerprint density at radius 3 is 1.84 bits per heavy atom. The standard InChI is InChI=1S/C35H57N7O9.7ClH/c36-16-26-25(44)15-24(39)34(48-26)50-31-22(37)14-23(38)32(51-35-30(46)28(40)29(45)27(18-43)49-35)33(31)47-13-12-41-8-10-42(11-9-41)17-20-6-3-5-19-4-1-2-7-21(19)20;;;;;;;/h1-7,22-35,43-46H,8-18,36-40H2;7*1H/t22-,23+,24+,25-,26+,27+,28-,29+,30+,31+,32-,33-,34+,35+;;;;;;;/m0......./s1. The molecule has 58 heavy (non-hydrogen) atoms. The molecule has 6 rings (SSSR count). The number of ether oxygens (including phenoxy) is 5. The summed E-state index contributed by atoms with van der Waals surface area (Å²) in [5.41, 5.74) is 32.9. The minimum atomic E-state index is -1.42. The third-order valence-electron chi connectivity index (χ3n) is 10.8. The zero-order valence-corrected chi connectivity index (χ0v) is 37.6. The molecule has 4 fully saturated rings. The molecule has 342 valence electrons. The van der Waals surface area contributed by atoms with Crippen LogP contribution in [0.25, 0.3) is 10.8 Å². The number of aliphatic hydroxyl groups excluding tert-OH is 4. The van der Waals surface area contributed by atoms with Gasteiger partial charge in [-0.2, -0.15) is 0 Å². The quantitative estimate of drug-likeness (QED) is 0.132. The molecular weight excluding hydrogens is 911 g/mol. The molecule has 2 aromatic carbocycles. The first-order chi connectivity index (χ1) is 24.6. The first kappa shape index (κ1) is 60.2. The van der Waals surface area contributed by atoms with Crippen molar-refractivity contribution in [2.45, 2.75) is 105 Å². The monoisotopic (exact) mass is 971 g/mol. The Morgan fingerprint density at radius 1 is 0.655 bits per heavy atom. The molecule has 0 amide bonds. The average Bonchev–Trinajstić information content (AvgIpc) is 3.12. The Bertz CT molecular complexity index is 1420. The Kier molecular flexibility index (Phi) is 29.1. The van der Waals surface area contributed by atoms with Crippen LogP contribution < -0.4 is 28.7 Å². The normalized spacial score (nSPS) is 35.3. The summed E-state index contributed by atoms with van der Waals surface area (Å²) in [6, 6.07) is 11.8. The molecule has 3 saturated heterocycles. The number of hydrogen-bond donors (Lipinski definition) is 9. The Balaban J connectivity index is 0. The van der Waals surface area contributed by atoms with Crippen LogP contribution in [0.1, 0.15) is 18.4 Å². The largest absolute Gasteiger partial charge is 0.394 e. The zero-order chi connectivity index (χ0) is 36.2. The smallest absolute Gasteiger partial charge is 0.186 e. The van der Waals surface area contributed by atoms with E-state index in [-0.39, 0.29) is 106 Å². The van der Waals surface area contributed by atoms with Gasteiger partial charge in [-0.25, -0.2) is 0 Å².